The van der Waals surface area contributed by atoms with Crippen molar-refractivity contribution in [2.75, 3.05) is 13.1 Å². The van der Waals surface area contributed by atoms with Gasteiger partial charge in [0.2, 0.25) is 5.88 Å². The van der Waals surface area contributed by atoms with Crippen LogP contribution in [0.1, 0.15) is 53.5 Å². The molecule has 11 heteroatoms. The van der Waals surface area contributed by atoms with Crippen molar-refractivity contribution in [1.29, 1.82) is 0 Å². The van der Waals surface area contributed by atoms with Crippen LogP contribution in [0.2, 0.25) is 0 Å². The van der Waals surface area contributed by atoms with Crippen LogP contribution < -0.4 is 16.4 Å². The molecule has 1 saturated heterocycles. The molecule has 2 aliphatic heterocycles. The van der Waals surface area contributed by atoms with Gasteiger partial charge in [0.1, 0.15) is 17.1 Å². The summed E-state index contributed by atoms with van der Waals surface area (Å²) in [5.74, 6) is 1.71. The van der Waals surface area contributed by atoms with E-state index < -0.39 is 5.24 Å². The fraction of sp³-hybridized carbons (Fsp3) is 0.400. The Morgan fingerprint density at radius 2 is 1.29 bits per heavy atom. The topological polar surface area (TPSA) is 105 Å². The van der Waals surface area contributed by atoms with Crippen molar-refractivity contribution in [1.82, 2.24) is 20.2 Å². The van der Waals surface area contributed by atoms with E-state index in [4.69, 9.17) is 11.6 Å². The number of nitrogens with one attached hydrogen (secondary N) is 2. The highest BCUT2D eigenvalue weighted by atomic mass is 127. The Hall–Kier alpha value is -1.96. The van der Waals surface area contributed by atoms with Crippen LogP contribution in [0.3, 0.4) is 0 Å². The minimum Gasteiger partial charge on any atom is -0.493 e. The maximum absolute atomic E-state index is 12.6. The van der Waals surface area contributed by atoms with Crippen molar-refractivity contribution in [3.63, 3.8) is 0 Å². The zero-order chi connectivity index (χ0) is 30.3. The van der Waals surface area contributed by atoms with E-state index in [0.717, 1.165) is 60.9 Å². The largest absolute Gasteiger partial charge is 0.493 e. The van der Waals surface area contributed by atoms with E-state index in [0.29, 0.717) is 24.2 Å². The number of halogens is 3. The second-order valence-electron chi connectivity index (χ2n) is 10.1. The highest BCUT2D eigenvalue weighted by Gasteiger charge is 2.25. The molecule has 2 aromatic carbocycles. The van der Waals surface area contributed by atoms with E-state index in [9.17, 15) is 19.5 Å². The molecule has 3 N–H and O–H groups in total. The fourth-order valence-electron chi connectivity index (χ4n) is 5.17. The van der Waals surface area contributed by atoms with E-state index in [1.807, 2.05) is 52.0 Å². The van der Waals surface area contributed by atoms with E-state index in [-0.39, 0.29) is 17.0 Å². The van der Waals surface area contributed by atoms with Crippen LogP contribution in [0, 0.1) is 34.8 Å². The van der Waals surface area contributed by atoms with Crippen LogP contribution in [-0.2, 0) is 22.7 Å². The van der Waals surface area contributed by atoms with Gasteiger partial charge < -0.3 is 5.11 Å². The summed E-state index contributed by atoms with van der Waals surface area (Å²) in [5.41, 5.74) is 11.6. The Kier molecular flexibility index (Phi) is 12.7. The number of allylic oxidation sites excluding steroid dienone is 1. The van der Waals surface area contributed by atoms with Gasteiger partial charge in [-0.2, -0.15) is 0 Å². The first kappa shape index (κ1) is 33.5. The van der Waals surface area contributed by atoms with Gasteiger partial charge in [0.05, 0.1) is 0 Å². The molecule has 1 fully saturated rings. The van der Waals surface area contributed by atoms with Crippen molar-refractivity contribution in [2.24, 2.45) is 0 Å². The zero-order valence-corrected chi connectivity index (χ0v) is 28.7. The standard InChI is InChI=1S/C15H17IN2O2.C11H8ClIO2.C4H10N2/c1-9-7-11(16)8-10(2)12(9)13-14(19)17-5-3-4-6-18(17)15(13)20;1-6-3-8(13)4-7(2)10(6)9(5-14)11(12)15;1-2-4-6-5-3-1/h7-8,19H,3-6H2,1-2H3;3-4H,1-2H3;5-6H,1-4H2. The second-order valence-corrected chi connectivity index (χ2v) is 12.9. The second kappa shape index (κ2) is 15.5. The van der Waals surface area contributed by atoms with Gasteiger partial charge in [-0.3, -0.25) is 25.1 Å². The number of carbonyl (C=O) groups is 1. The Bertz CT molecular complexity index is 1480. The maximum Gasteiger partial charge on any atom is 0.278 e. The zero-order valence-electron chi connectivity index (χ0n) is 23.7. The van der Waals surface area contributed by atoms with Crippen LogP contribution in [-0.4, -0.2) is 38.7 Å². The van der Waals surface area contributed by atoms with Gasteiger partial charge in [-0.25, -0.2) is 9.48 Å². The monoisotopic (exact) mass is 804 g/mol. The molecule has 2 aliphatic rings. The Balaban J connectivity index is 0.000000193. The molecule has 0 spiro atoms. The number of aromatic hydroxyl groups is 1. The predicted molar refractivity (Wildman–Crippen MR) is 181 cm³/mol. The highest BCUT2D eigenvalue weighted by molar-refractivity contribution is 14.1. The van der Waals surface area contributed by atoms with Crippen LogP contribution in [0.5, 0.6) is 5.88 Å². The first-order valence-electron chi connectivity index (χ1n) is 13.4. The summed E-state index contributed by atoms with van der Waals surface area (Å²) in [6, 6.07) is 7.87. The number of aromatic nitrogens is 2. The lowest BCUT2D eigenvalue weighted by molar-refractivity contribution is -0.106. The lowest BCUT2D eigenvalue weighted by atomic mass is 9.97. The summed E-state index contributed by atoms with van der Waals surface area (Å²) in [6.07, 6.45) is 4.65. The van der Waals surface area contributed by atoms with Gasteiger partial charge in [-0.1, -0.05) is 0 Å². The smallest absolute Gasteiger partial charge is 0.278 e. The third-order valence-corrected chi connectivity index (χ3v) is 8.40. The Morgan fingerprint density at radius 3 is 1.68 bits per heavy atom. The minimum atomic E-state index is -0.766. The summed E-state index contributed by atoms with van der Waals surface area (Å²) >= 11 is 9.77. The molecule has 0 atom stereocenters. The predicted octanol–water partition coefficient (Wildman–Crippen LogP) is 5.80. The maximum atomic E-state index is 12.6. The molecule has 3 heterocycles. The summed E-state index contributed by atoms with van der Waals surface area (Å²) in [7, 11) is 0. The van der Waals surface area contributed by atoms with E-state index in [2.05, 4.69) is 56.0 Å². The van der Waals surface area contributed by atoms with Crippen LogP contribution in [0.15, 0.2) is 29.1 Å². The Labute approximate surface area is 272 Å². The number of carbonyl (C=O) groups excluding carboxylic acids is 2. The van der Waals surface area contributed by atoms with Crippen molar-refractivity contribution in [2.45, 2.75) is 66.5 Å². The van der Waals surface area contributed by atoms with E-state index >= 15 is 0 Å². The molecule has 0 unspecified atom stereocenters. The van der Waals surface area contributed by atoms with Crippen LogP contribution in [0.4, 0.5) is 0 Å². The number of rotatable bonds is 3. The molecule has 0 aliphatic carbocycles. The lowest BCUT2D eigenvalue weighted by Crippen LogP contribution is -2.37. The number of benzene rings is 2. The average molecular weight is 805 g/mol. The van der Waals surface area contributed by atoms with Crippen molar-refractivity contribution < 1.29 is 14.7 Å². The fourth-order valence-corrected chi connectivity index (χ4v) is 7.17. The number of hydrazine groups is 1. The molecular formula is C30H35ClI2N4O4. The van der Waals surface area contributed by atoms with Gasteiger partial charge in [0.15, 0.2) is 0 Å². The van der Waals surface area contributed by atoms with Gasteiger partial charge >= 0.3 is 0 Å². The number of hydrogen-bond acceptors (Lipinski definition) is 6. The molecule has 1 aromatic heterocycles. The van der Waals surface area contributed by atoms with Gasteiger partial charge in [-0.15, -0.1) is 0 Å². The molecule has 5 rings (SSSR count). The lowest BCUT2D eigenvalue weighted by Gasteiger charge is -2.16. The minimum absolute atomic E-state index is 0.0744. The first-order chi connectivity index (χ1) is 19.5. The Morgan fingerprint density at radius 1 is 0.829 bits per heavy atom. The molecule has 8 nitrogen and oxygen atoms in total. The third-order valence-electron chi connectivity index (χ3n) is 6.97. The molecule has 220 valence electrons. The third kappa shape index (κ3) is 8.32. The molecule has 41 heavy (non-hydrogen) atoms. The number of hydrogen-bond donors (Lipinski definition) is 3. The van der Waals surface area contributed by atoms with Gasteiger partial charge in [0.25, 0.3) is 10.8 Å². The molecular weight excluding hydrogens is 770 g/mol. The first-order valence-corrected chi connectivity index (χ1v) is 16.0. The van der Waals surface area contributed by atoms with Crippen molar-refractivity contribution in [3.05, 3.63) is 69.6 Å². The summed E-state index contributed by atoms with van der Waals surface area (Å²) in [6.45, 7) is 11.3. The molecule has 0 radical (unpaired) electrons. The number of aryl methyl sites for hydroxylation is 4. The molecule has 0 saturated carbocycles. The normalized spacial score (nSPS) is 14.0. The van der Waals surface area contributed by atoms with Crippen LogP contribution >= 0.6 is 56.8 Å². The van der Waals surface area contributed by atoms with E-state index in [1.54, 1.807) is 15.3 Å². The van der Waals surface area contributed by atoms with Gasteiger partial charge in [-0.05, 0) is 162 Å². The van der Waals surface area contributed by atoms with E-state index in [1.165, 1.54) is 12.8 Å². The van der Waals surface area contributed by atoms with Crippen LogP contribution in [0.25, 0.3) is 16.7 Å². The van der Waals surface area contributed by atoms with Crippen molar-refractivity contribution >= 4 is 73.5 Å². The number of fused-ring (bicyclic) bond motifs is 1. The average Bonchev–Trinajstić information content (AvgIpc) is 3.17. The number of nitrogens with zero attached hydrogens (tertiary/aromatic N) is 2. The van der Waals surface area contributed by atoms with Crippen molar-refractivity contribution in [3.8, 4) is 17.0 Å². The SMILES string of the molecule is C1CCNNC1.Cc1cc(I)cc(C)c1-c1c(O)n2n(c1=O)CCCC2.Cc1cc(I)cc(C)c1C(=C=O)C(=O)Cl. The summed E-state index contributed by atoms with van der Waals surface area (Å²) in [5, 5.41) is 9.70. The van der Waals surface area contributed by atoms with Gasteiger partial charge in [0, 0.05) is 38.9 Å². The summed E-state index contributed by atoms with van der Waals surface area (Å²) < 4.78 is 5.59. The molecule has 0 bridgehead atoms. The molecule has 0 amide bonds. The molecule has 3 aromatic rings. The summed E-state index contributed by atoms with van der Waals surface area (Å²) in [4.78, 5) is 34.3. The quantitative estimate of drug-likeness (QED) is 0.134. The highest BCUT2D eigenvalue weighted by Crippen LogP contribution is 2.34.